The summed E-state index contributed by atoms with van der Waals surface area (Å²) in [6.07, 6.45) is 0. The molecule has 146 valence electrons. The molecule has 0 aliphatic rings. The Morgan fingerprint density at radius 3 is 2.64 bits per heavy atom. The van der Waals surface area contributed by atoms with Crippen LogP contribution in [0.5, 0.6) is 5.75 Å². The first kappa shape index (κ1) is 19.9. The van der Waals surface area contributed by atoms with Gasteiger partial charge in [0.25, 0.3) is 11.1 Å². The molecule has 0 atom stereocenters. The molecule has 1 heterocycles. The van der Waals surface area contributed by atoms with Gasteiger partial charge < -0.3 is 14.1 Å². The fourth-order valence-corrected chi connectivity index (χ4v) is 3.17. The zero-order chi connectivity index (χ0) is 19.9. The molecule has 2 aromatic carbocycles. The molecule has 1 amide bonds. The Bertz CT molecular complexity index is 930. The molecule has 3 aromatic rings. The molecule has 0 bridgehead atoms. The number of rotatable bonds is 8. The van der Waals surface area contributed by atoms with Gasteiger partial charge in [-0.1, -0.05) is 36.0 Å². The van der Waals surface area contributed by atoms with Gasteiger partial charge in [-0.25, -0.2) is 4.39 Å². The number of hydrogen-bond donors (Lipinski definition) is 0. The Hall–Kier alpha value is -2.87. The van der Waals surface area contributed by atoms with Crippen LogP contribution < -0.4 is 4.74 Å². The minimum absolute atomic E-state index is 0.0791. The Labute approximate surface area is 166 Å². The van der Waals surface area contributed by atoms with Crippen molar-refractivity contribution in [3.8, 4) is 17.2 Å². The molecule has 0 unspecified atom stereocenters. The number of ether oxygens (including phenoxy) is 1. The Morgan fingerprint density at radius 2 is 1.93 bits per heavy atom. The molecule has 28 heavy (non-hydrogen) atoms. The van der Waals surface area contributed by atoms with Crippen LogP contribution in [0.25, 0.3) is 11.5 Å². The van der Waals surface area contributed by atoms with E-state index >= 15 is 0 Å². The molecule has 3 rings (SSSR count). The van der Waals surface area contributed by atoms with Crippen molar-refractivity contribution in [1.82, 2.24) is 15.1 Å². The smallest absolute Gasteiger partial charge is 0.277 e. The highest BCUT2D eigenvalue weighted by Gasteiger charge is 2.15. The first-order valence-corrected chi connectivity index (χ1v) is 9.72. The van der Waals surface area contributed by atoms with Gasteiger partial charge in [-0.05, 0) is 36.8 Å². The van der Waals surface area contributed by atoms with Crippen molar-refractivity contribution in [2.24, 2.45) is 0 Å². The molecule has 0 saturated carbocycles. The zero-order valence-electron chi connectivity index (χ0n) is 15.6. The second kappa shape index (κ2) is 9.36. The SMILES string of the molecule is CCOc1ccc(CN(C)C(=O)CSc2nnc(-c3ccccc3F)o2)cc1. The highest BCUT2D eigenvalue weighted by molar-refractivity contribution is 7.99. The van der Waals surface area contributed by atoms with Crippen LogP contribution in [-0.2, 0) is 11.3 Å². The van der Waals surface area contributed by atoms with Crippen LogP contribution in [0.3, 0.4) is 0 Å². The van der Waals surface area contributed by atoms with Crippen molar-refractivity contribution in [2.45, 2.75) is 18.7 Å². The van der Waals surface area contributed by atoms with E-state index < -0.39 is 5.82 Å². The lowest BCUT2D eigenvalue weighted by atomic mass is 10.2. The van der Waals surface area contributed by atoms with Crippen LogP contribution in [0.4, 0.5) is 4.39 Å². The molecule has 0 N–H and O–H groups in total. The third kappa shape index (κ3) is 5.10. The summed E-state index contributed by atoms with van der Waals surface area (Å²) >= 11 is 1.12. The Morgan fingerprint density at radius 1 is 1.18 bits per heavy atom. The number of thioether (sulfide) groups is 1. The lowest BCUT2D eigenvalue weighted by Crippen LogP contribution is -2.27. The first-order chi connectivity index (χ1) is 13.6. The minimum Gasteiger partial charge on any atom is -0.494 e. The fourth-order valence-electron chi connectivity index (χ4n) is 2.47. The molecule has 1 aromatic heterocycles. The van der Waals surface area contributed by atoms with Crippen molar-refractivity contribution in [1.29, 1.82) is 0 Å². The first-order valence-electron chi connectivity index (χ1n) is 8.73. The lowest BCUT2D eigenvalue weighted by molar-refractivity contribution is -0.127. The predicted molar refractivity (Wildman–Crippen MR) is 105 cm³/mol. The van der Waals surface area contributed by atoms with Crippen LogP contribution in [0.2, 0.25) is 0 Å². The number of amides is 1. The average molecular weight is 401 g/mol. The summed E-state index contributed by atoms with van der Waals surface area (Å²) < 4.78 is 24.6. The van der Waals surface area contributed by atoms with E-state index in [0.717, 1.165) is 23.1 Å². The van der Waals surface area contributed by atoms with E-state index in [1.807, 2.05) is 31.2 Å². The number of carbonyl (C=O) groups is 1. The van der Waals surface area contributed by atoms with Crippen LogP contribution in [0, 0.1) is 5.82 Å². The summed E-state index contributed by atoms with van der Waals surface area (Å²) in [4.78, 5) is 14.0. The maximum Gasteiger partial charge on any atom is 0.277 e. The van der Waals surface area contributed by atoms with Crippen LogP contribution in [0.15, 0.2) is 58.2 Å². The van der Waals surface area contributed by atoms with Gasteiger partial charge in [-0.2, -0.15) is 0 Å². The molecule has 0 saturated heterocycles. The molecule has 0 fully saturated rings. The van der Waals surface area contributed by atoms with Crippen molar-refractivity contribution in [3.63, 3.8) is 0 Å². The van der Waals surface area contributed by atoms with Crippen molar-refractivity contribution in [3.05, 3.63) is 59.9 Å². The summed E-state index contributed by atoms with van der Waals surface area (Å²) in [6, 6.07) is 13.8. The summed E-state index contributed by atoms with van der Waals surface area (Å²) in [5.41, 5.74) is 1.24. The number of benzene rings is 2. The molecule has 6 nitrogen and oxygen atoms in total. The van der Waals surface area contributed by atoms with E-state index in [4.69, 9.17) is 9.15 Å². The topological polar surface area (TPSA) is 68.5 Å². The maximum absolute atomic E-state index is 13.8. The summed E-state index contributed by atoms with van der Waals surface area (Å²) in [5.74, 6) is 0.527. The average Bonchev–Trinajstić information content (AvgIpc) is 3.17. The summed E-state index contributed by atoms with van der Waals surface area (Å²) in [5, 5.41) is 7.94. The standard InChI is InChI=1S/C20H20FN3O3S/c1-3-26-15-10-8-14(9-11-15)12-24(2)18(25)13-28-20-23-22-19(27-20)16-6-4-5-7-17(16)21/h4-11H,3,12-13H2,1-2H3. The third-order valence-electron chi connectivity index (χ3n) is 3.91. The molecule has 8 heteroatoms. The molecule has 0 spiro atoms. The van der Waals surface area contributed by atoms with Gasteiger partial charge >= 0.3 is 0 Å². The van der Waals surface area contributed by atoms with E-state index in [2.05, 4.69) is 10.2 Å². The van der Waals surface area contributed by atoms with E-state index in [-0.39, 0.29) is 28.3 Å². The monoisotopic (exact) mass is 401 g/mol. The molecule has 0 aliphatic carbocycles. The van der Waals surface area contributed by atoms with Gasteiger partial charge in [0.15, 0.2) is 0 Å². The predicted octanol–water partition coefficient (Wildman–Crippen LogP) is 4.03. The van der Waals surface area contributed by atoms with Gasteiger partial charge in [0.2, 0.25) is 5.91 Å². The molecule has 0 aliphatic heterocycles. The van der Waals surface area contributed by atoms with E-state index in [9.17, 15) is 9.18 Å². The Kier molecular flexibility index (Phi) is 6.65. The maximum atomic E-state index is 13.8. The highest BCUT2D eigenvalue weighted by Crippen LogP contribution is 2.25. The van der Waals surface area contributed by atoms with Gasteiger partial charge in [0.1, 0.15) is 11.6 Å². The quantitative estimate of drug-likeness (QED) is 0.531. The third-order valence-corrected chi connectivity index (χ3v) is 4.71. The minimum atomic E-state index is -0.436. The van der Waals surface area contributed by atoms with Crippen molar-refractivity contribution in [2.75, 3.05) is 19.4 Å². The van der Waals surface area contributed by atoms with Crippen LogP contribution >= 0.6 is 11.8 Å². The zero-order valence-corrected chi connectivity index (χ0v) is 16.4. The summed E-state index contributed by atoms with van der Waals surface area (Å²) in [7, 11) is 1.73. The van der Waals surface area contributed by atoms with Gasteiger partial charge in [0, 0.05) is 13.6 Å². The number of hydrogen-bond acceptors (Lipinski definition) is 6. The van der Waals surface area contributed by atoms with Gasteiger partial charge in [-0.15, -0.1) is 10.2 Å². The molecular formula is C20H20FN3O3S. The van der Waals surface area contributed by atoms with Gasteiger partial charge in [0.05, 0.1) is 17.9 Å². The number of aromatic nitrogens is 2. The lowest BCUT2D eigenvalue weighted by Gasteiger charge is -2.17. The largest absolute Gasteiger partial charge is 0.494 e. The fraction of sp³-hybridized carbons (Fsp3) is 0.250. The summed E-state index contributed by atoms with van der Waals surface area (Å²) in [6.45, 7) is 3.03. The number of carbonyl (C=O) groups excluding carboxylic acids is 1. The second-order valence-electron chi connectivity index (χ2n) is 5.97. The van der Waals surface area contributed by atoms with Crippen molar-refractivity contribution >= 4 is 17.7 Å². The van der Waals surface area contributed by atoms with E-state index in [0.29, 0.717) is 13.2 Å². The Balaban J connectivity index is 1.53. The van der Waals surface area contributed by atoms with Crippen LogP contribution in [0.1, 0.15) is 12.5 Å². The number of halogens is 1. The highest BCUT2D eigenvalue weighted by atomic mass is 32.2. The van der Waals surface area contributed by atoms with E-state index in [1.54, 1.807) is 30.1 Å². The van der Waals surface area contributed by atoms with E-state index in [1.165, 1.54) is 6.07 Å². The molecular weight excluding hydrogens is 381 g/mol. The van der Waals surface area contributed by atoms with Crippen molar-refractivity contribution < 1.29 is 18.3 Å². The van der Waals surface area contributed by atoms with Crippen LogP contribution in [-0.4, -0.2) is 40.4 Å². The molecule has 0 radical (unpaired) electrons. The second-order valence-corrected chi connectivity index (χ2v) is 6.89. The normalized spacial score (nSPS) is 10.7. The van der Waals surface area contributed by atoms with Gasteiger partial charge in [-0.3, -0.25) is 4.79 Å². The number of nitrogens with zero attached hydrogens (tertiary/aromatic N) is 3.